The number of aryl methyl sites for hydroxylation is 2. The molecule has 1 N–H and O–H groups in total. The van der Waals surface area contributed by atoms with Crippen LogP contribution in [-0.4, -0.2) is 56.3 Å². The smallest absolute Gasteiger partial charge is 0.238 e. The summed E-state index contributed by atoms with van der Waals surface area (Å²) in [5.41, 5.74) is 3.75. The summed E-state index contributed by atoms with van der Waals surface area (Å²) in [5, 5.41) is 4.24. The van der Waals surface area contributed by atoms with E-state index in [2.05, 4.69) is 5.32 Å². The van der Waals surface area contributed by atoms with E-state index in [1.807, 2.05) is 67.3 Å². The molecule has 1 fully saturated rings. The van der Waals surface area contributed by atoms with Crippen molar-refractivity contribution >= 4 is 27.7 Å². The van der Waals surface area contributed by atoms with Crippen LogP contribution in [0.4, 0.5) is 5.69 Å². The molecule has 0 aliphatic carbocycles. The second kappa shape index (κ2) is 9.35. The summed E-state index contributed by atoms with van der Waals surface area (Å²) in [6, 6.07) is 15.2. The van der Waals surface area contributed by atoms with Crippen molar-refractivity contribution in [2.45, 2.75) is 13.8 Å². The van der Waals surface area contributed by atoms with Crippen LogP contribution in [0.15, 0.2) is 53.9 Å². The maximum Gasteiger partial charge on any atom is 0.238 e. The molecule has 0 radical (unpaired) electrons. The molecule has 1 heterocycles. The summed E-state index contributed by atoms with van der Waals surface area (Å²) in [5.74, 6) is -0.0809. The molecule has 29 heavy (non-hydrogen) atoms. The van der Waals surface area contributed by atoms with Crippen molar-refractivity contribution < 1.29 is 13.2 Å². The standard InChI is InChI=1S/C22H27N3O3S/c1-18-7-6-8-19(2)22(18)23-21(26)17-24-12-14-25(15-13-24)29(27,28)16-11-20-9-4-3-5-10-20/h3-11,16H,12-15,17H2,1-2H3,(H,23,26). The molecule has 154 valence electrons. The van der Waals surface area contributed by atoms with Gasteiger partial charge in [-0.3, -0.25) is 9.69 Å². The van der Waals surface area contributed by atoms with Gasteiger partial charge < -0.3 is 5.32 Å². The number of nitrogens with one attached hydrogen (secondary N) is 1. The molecule has 7 heteroatoms. The Kier molecular flexibility index (Phi) is 6.84. The van der Waals surface area contributed by atoms with Crippen molar-refractivity contribution in [3.63, 3.8) is 0 Å². The van der Waals surface area contributed by atoms with E-state index in [1.165, 1.54) is 9.71 Å². The average Bonchev–Trinajstić information content (AvgIpc) is 2.71. The molecule has 2 aromatic rings. The number of amides is 1. The van der Waals surface area contributed by atoms with Gasteiger partial charge in [0, 0.05) is 37.3 Å². The van der Waals surface area contributed by atoms with Crippen molar-refractivity contribution in [1.82, 2.24) is 9.21 Å². The summed E-state index contributed by atoms with van der Waals surface area (Å²) in [4.78, 5) is 14.4. The van der Waals surface area contributed by atoms with Gasteiger partial charge in [-0.2, -0.15) is 4.31 Å². The van der Waals surface area contributed by atoms with Gasteiger partial charge >= 0.3 is 0 Å². The topological polar surface area (TPSA) is 69.7 Å². The number of rotatable bonds is 6. The molecule has 6 nitrogen and oxygen atoms in total. The lowest BCUT2D eigenvalue weighted by atomic mass is 10.1. The predicted molar refractivity (Wildman–Crippen MR) is 117 cm³/mol. The number of carbonyl (C=O) groups excluding carboxylic acids is 1. The van der Waals surface area contributed by atoms with Gasteiger partial charge in [-0.1, -0.05) is 48.5 Å². The molecule has 1 aliphatic rings. The molecule has 1 aliphatic heterocycles. The molecule has 0 atom stereocenters. The summed E-state index contributed by atoms with van der Waals surface area (Å²) in [6.45, 7) is 5.99. The van der Waals surface area contributed by atoms with E-state index in [0.717, 1.165) is 22.4 Å². The van der Waals surface area contributed by atoms with Crippen molar-refractivity contribution in [3.8, 4) is 0 Å². The number of carbonyl (C=O) groups is 1. The van der Waals surface area contributed by atoms with Crippen LogP contribution in [0.3, 0.4) is 0 Å². The first-order valence-electron chi connectivity index (χ1n) is 9.67. The summed E-state index contributed by atoms with van der Waals surface area (Å²) in [6.07, 6.45) is 1.61. The van der Waals surface area contributed by atoms with E-state index in [-0.39, 0.29) is 12.5 Å². The van der Waals surface area contributed by atoms with Crippen LogP contribution in [0.5, 0.6) is 0 Å². The third-order valence-corrected chi connectivity index (χ3v) is 6.60. The second-order valence-electron chi connectivity index (χ2n) is 7.25. The predicted octanol–water partition coefficient (Wildman–Crippen LogP) is 2.86. The summed E-state index contributed by atoms with van der Waals surface area (Å²) in [7, 11) is -3.47. The maximum atomic E-state index is 12.5. The average molecular weight is 414 g/mol. The van der Waals surface area contributed by atoms with Crippen LogP contribution < -0.4 is 5.32 Å². The Bertz CT molecular complexity index is 959. The third-order valence-electron chi connectivity index (χ3n) is 5.04. The first kappa shape index (κ1) is 21.2. The normalized spacial score (nSPS) is 16.2. The molecule has 0 spiro atoms. The lowest BCUT2D eigenvalue weighted by Crippen LogP contribution is -2.49. The van der Waals surface area contributed by atoms with E-state index in [0.29, 0.717) is 26.2 Å². The molecule has 1 saturated heterocycles. The molecule has 0 saturated carbocycles. The Balaban J connectivity index is 1.52. The summed E-state index contributed by atoms with van der Waals surface area (Å²) >= 11 is 0. The minimum atomic E-state index is -3.47. The Morgan fingerprint density at radius 2 is 1.59 bits per heavy atom. The quantitative estimate of drug-likeness (QED) is 0.791. The van der Waals surface area contributed by atoms with Crippen molar-refractivity contribution in [1.29, 1.82) is 0 Å². The number of hydrogen-bond donors (Lipinski definition) is 1. The lowest BCUT2D eigenvalue weighted by molar-refractivity contribution is -0.117. The number of anilines is 1. The summed E-state index contributed by atoms with van der Waals surface area (Å²) < 4.78 is 26.6. The van der Waals surface area contributed by atoms with Crippen LogP contribution in [0.2, 0.25) is 0 Å². The van der Waals surface area contributed by atoms with Crippen molar-refractivity contribution in [3.05, 3.63) is 70.6 Å². The SMILES string of the molecule is Cc1cccc(C)c1NC(=O)CN1CCN(S(=O)(=O)C=Cc2ccccc2)CC1. The van der Waals surface area contributed by atoms with Gasteiger partial charge in [-0.05, 0) is 36.6 Å². The second-order valence-corrected chi connectivity index (χ2v) is 9.07. The highest BCUT2D eigenvalue weighted by Crippen LogP contribution is 2.19. The van der Waals surface area contributed by atoms with E-state index >= 15 is 0 Å². The number of sulfonamides is 1. The largest absolute Gasteiger partial charge is 0.324 e. The Morgan fingerprint density at radius 1 is 0.966 bits per heavy atom. The van der Waals surface area contributed by atoms with E-state index < -0.39 is 10.0 Å². The van der Waals surface area contributed by atoms with Crippen molar-refractivity contribution in [2.24, 2.45) is 0 Å². The first-order valence-corrected chi connectivity index (χ1v) is 11.2. The van der Waals surface area contributed by atoms with Crippen LogP contribution in [0.25, 0.3) is 6.08 Å². The number of nitrogens with zero attached hydrogens (tertiary/aromatic N) is 2. The van der Waals surface area contributed by atoms with Crippen molar-refractivity contribution in [2.75, 3.05) is 38.0 Å². The van der Waals surface area contributed by atoms with E-state index in [9.17, 15) is 13.2 Å². The Morgan fingerprint density at radius 3 is 2.21 bits per heavy atom. The number of piperazine rings is 1. The lowest BCUT2D eigenvalue weighted by Gasteiger charge is -2.32. The molecular weight excluding hydrogens is 386 g/mol. The Labute approximate surface area is 172 Å². The Hall–Kier alpha value is -2.48. The molecule has 2 aromatic carbocycles. The monoisotopic (exact) mass is 413 g/mol. The zero-order valence-corrected chi connectivity index (χ0v) is 17.7. The van der Waals surface area contributed by atoms with Crippen LogP contribution in [0.1, 0.15) is 16.7 Å². The van der Waals surface area contributed by atoms with Crippen LogP contribution in [0, 0.1) is 13.8 Å². The highest BCUT2D eigenvalue weighted by atomic mass is 32.2. The fraction of sp³-hybridized carbons (Fsp3) is 0.318. The maximum absolute atomic E-state index is 12.5. The van der Waals surface area contributed by atoms with Crippen LogP contribution in [-0.2, 0) is 14.8 Å². The molecule has 0 unspecified atom stereocenters. The zero-order chi connectivity index (χ0) is 20.9. The van der Waals surface area contributed by atoms with Gasteiger partial charge in [-0.25, -0.2) is 8.42 Å². The van der Waals surface area contributed by atoms with E-state index in [4.69, 9.17) is 0 Å². The van der Waals surface area contributed by atoms with Gasteiger partial charge in [0.05, 0.1) is 6.54 Å². The van der Waals surface area contributed by atoms with Gasteiger partial charge in [-0.15, -0.1) is 0 Å². The van der Waals surface area contributed by atoms with Gasteiger partial charge in [0.1, 0.15) is 0 Å². The zero-order valence-electron chi connectivity index (χ0n) is 16.8. The molecular formula is C22H27N3O3S. The molecule has 0 aromatic heterocycles. The molecule has 0 bridgehead atoms. The van der Waals surface area contributed by atoms with Crippen LogP contribution >= 0.6 is 0 Å². The highest BCUT2D eigenvalue weighted by molar-refractivity contribution is 7.92. The van der Waals surface area contributed by atoms with Gasteiger partial charge in [0.2, 0.25) is 15.9 Å². The van der Waals surface area contributed by atoms with E-state index in [1.54, 1.807) is 6.08 Å². The number of hydrogen-bond acceptors (Lipinski definition) is 4. The van der Waals surface area contributed by atoms with Gasteiger partial charge in [0.15, 0.2) is 0 Å². The number of para-hydroxylation sites is 1. The minimum Gasteiger partial charge on any atom is -0.324 e. The van der Waals surface area contributed by atoms with Gasteiger partial charge in [0.25, 0.3) is 0 Å². The first-order chi connectivity index (χ1) is 13.8. The fourth-order valence-corrected chi connectivity index (χ4v) is 4.52. The highest BCUT2D eigenvalue weighted by Gasteiger charge is 2.26. The molecule has 3 rings (SSSR count). The fourth-order valence-electron chi connectivity index (χ4n) is 3.35. The number of benzene rings is 2. The minimum absolute atomic E-state index is 0.0809. The molecule has 1 amide bonds. The third kappa shape index (κ3) is 5.76.